The number of ether oxygens (including phenoxy) is 2. The van der Waals surface area contributed by atoms with E-state index in [1.54, 1.807) is 0 Å². The van der Waals surface area contributed by atoms with Crippen molar-refractivity contribution in [3.8, 4) is 11.5 Å². The molecule has 1 aromatic rings. The van der Waals surface area contributed by atoms with Crippen LogP contribution in [0.1, 0.15) is 57.9 Å². The van der Waals surface area contributed by atoms with E-state index in [1.165, 1.54) is 38.5 Å². The molecule has 0 aromatic heterocycles. The molecule has 0 atom stereocenters. The number of benzene rings is 1. The third-order valence-electron chi connectivity index (χ3n) is 6.72. The monoisotopic (exact) mass is 386 g/mol. The second-order valence-electron chi connectivity index (χ2n) is 8.98. The highest BCUT2D eigenvalue weighted by Crippen LogP contribution is 2.55. The van der Waals surface area contributed by atoms with E-state index >= 15 is 0 Å². The van der Waals surface area contributed by atoms with Gasteiger partial charge in [0.1, 0.15) is 0 Å². The summed E-state index contributed by atoms with van der Waals surface area (Å²) >= 11 is 0. The second kappa shape index (κ2) is 8.22. The molecular formula is C23H34N2O3. The van der Waals surface area contributed by atoms with E-state index < -0.39 is 0 Å². The summed E-state index contributed by atoms with van der Waals surface area (Å²) in [4.78, 5) is 12.6. The fourth-order valence-electron chi connectivity index (χ4n) is 6.12. The topological polar surface area (TPSA) is 59.6 Å². The van der Waals surface area contributed by atoms with E-state index in [9.17, 15) is 4.79 Å². The minimum atomic E-state index is -0.00193. The summed E-state index contributed by atoms with van der Waals surface area (Å²) in [6.45, 7) is 5.78. The highest BCUT2D eigenvalue weighted by atomic mass is 16.5. The normalized spacial score (nSPS) is 30.1. The average molecular weight is 387 g/mol. The van der Waals surface area contributed by atoms with Gasteiger partial charge >= 0.3 is 6.03 Å². The fraction of sp³-hybridized carbons (Fsp3) is 0.696. The van der Waals surface area contributed by atoms with Crippen molar-refractivity contribution in [2.75, 3.05) is 19.8 Å². The molecule has 2 amide bonds. The summed E-state index contributed by atoms with van der Waals surface area (Å²) in [5.74, 6) is 4.08. The van der Waals surface area contributed by atoms with Gasteiger partial charge < -0.3 is 20.1 Å². The number of amides is 2. The van der Waals surface area contributed by atoms with Crippen molar-refractivity contribution >= 4 is 6.03 Å². The standard InChI is InChI=1S/C23H34N2O3/c1-3-27-20-6-5-16(12-21(20)28-4-2)7-8-24-22(26)25-23-13-17-9-18(14-23)11-19(10-17)15-23/h5-6,12,17-19H,3-4,7-11,13-15H2,1-2H3,(H2,24,25,26). The van der Waals surface area contributed by atoms with Crippen LogP contribution >= 0.6 is 0 Å². The van der Waals surface area contributed by atoms with E-state index in [0.29, 0.717) is 19.8 Å². The van der Waals surface area contributed by atoms with Gasteiger partial charge in [-0.2, -0.15) is 0 Å². The molecule has 4 saturated carbocycles. The average Bonchev–Trinajstić information content (AvgIpc) is 2.62. The maximum absolute atomic E-state index is 12.6. The molecule has 1 aromatic carbocycles. The molecule has 28 heavy (non-hydrogen) atoms. The van der Waals surface area contributed by atoms with Crippen molar-refractivity contribution in [3.63, 3.8) is 0 Å². The van der Waals surface area contributed by atoms with Gasteiger partial charge in [-0.05, 0) is 94.2 Å². The Bertz CT molecular complexity index is 668. The van der Waals surface area contributed by atoms with Crippen LogP contribution in [0.25, 0.3) is 0 Å². The third kappa shape index (κ3) is 4.23. The first-order valence-electron chi connectivity index (χ1n) is 11.0. The minimum absolute atomic E-state index is 0.00193. The Kier molecular flexibility index (Phi) is 5.70. The second-order valence-corrected chi connectivity index (χ2v) is 8.98. The lowest BCUT2D eigenvalue weighted by Gasteiger charge is -2.56. The van der Waals surface area contributed by atoms with E-state index in [2.05, 4.69) is 10.6 Å². The molecule has 154 valence electrons. The molecule has 2 N–H and O–H groups in total. The zero-order valence-corrected chi connectivity index (χ0v) is 17.3. The molecule has 4 fully saturated rings. The van der Waals surface area contributed by atoms with Crippen molar-refractivity contribution in [2.45, 2.75) is 64.3 Å². The molecule has 4 bridgehead atoms. The quantitative estimate of drug-likeness (QED) is 0.700. The fourth-order valence-corrected chi connectivity index (χ4v) is 6.12. The summed E-state index contributed by atoms with van der Waals surface area (Å²) in [5.41, 5.74) is 1.21. The first-order chi connectivity index (χ1) is 13.6. The number of carbonyl (C=O) groups is 1. The van der Waals surface area contributed by atoms with Crippen LogP contribution in [0.4, 0.5) is 4.79 Å². The van der Waals surface area contributed by atoms with E-state index in [0.717, 1.165) is 41.2 Å². The molecule has 4 aliphatic rings. The van der Waals surface area contributed by atoms with Crippen molar-refractivity contribution in [1.82, 2.24) is 10.6 Å². The number of nitrogens with one attached hydrogen (secondary N) is 2. The summed E-state index contributed by atoms with van der Waals surface area (Å²) in [7, 11) is 0. The van der Waals surface area contributed by atoms with Gasteiger partial charge in [-0.1, -0.05) is 6.07 Å². The Morgan fingerprint density at radius 1 is 1.00 bits per heavy atom. The van der Waals surface area contributed by atoms with Gasteiger partial charge in [0.15, 0.2) is 11.5 Å². The summed E-state index contributed by atoms with van der Waals surface area (Å²) in [6.07, 6.45) is 8.50. The van der Waals surface area contributed by atoms with E-state index in [-0.39, 0.29) is 11.6 Å². The zero-order chi connectivity index (χ0) is 19.6. The Hall–Kier alpha value is -1.91. The third-order valence-corrected chi connectivity index (χ3v) is 6.72. The predicted octanol–water partition coefficient (Wildman–Crippen LogP) is 4.29. The Morgan fingerprint density at radius 3 is 2.21 bits per heavy atom. The summed E-state index contributed by atoms with van der Waals surface area (Å²) in [6, 6.07) is 6.02. The highest BCUT2D eigenvalue weighted by Gasteiger charge is 2.51. The largest absolute Gasteiger partial charge is 0.490 e. The first kappa shape index (κ1) is 19.4. The Labute approximate surface area is 168 Å². The van der Waals surface area contributed by atoms with Crippen LogP contribution in [0.5, 0.6) is 11.5 Å². The first-order valence-corrected chi connectivity index (χ1v) is 11.0. The number of urea groups is 1. The molecule has 0 aliphatic heterocycles. The zero-order valence-electron chi connectivity index (χ0n) is 17.3. The smallest absolute Gasteiger partial charge is 0.315 e. The van der Waals surface area contributed by atoms with Crippen molar-refractivity contribution in [3.05, 3.63) is 23.8 Å². The lowest BCUT2D eigenvalue weighted by atomic mass is 9.53. The molecule has 4 aliphatic carbocycles. The molecule has 0 radical (unpaired) electrons. The maximum Gasteiger partial charge on any atom is 0.315 e. The molecule has 0 unspecified atom stereocenters. The molecular weight excluding hydrogens is 352 g/mol. The highest BCUT2D eigenvalue weighted by molar-refractivity contribution is 5.75. The predicted molar refractivity (Wildman–Crippen MR) is 110 cm³/mol. The van der Waals surface area contributed by atoms with Gasteiger partial charge in [-0.15, -0.1) is 0 Å². The van der Waals surface area contributed by atoms with Crippen LogP contribution in [0.3, 0.4) is 0 Å². The number of rotatable bonds is 8. The molecule has 5 nitrogen and oxygen atoms in total. The van der Waals surface area contributed by atoms with Gasteiger partial charge in [-0.25, -0.2) is 4.79 Å². The van der Waals surface area contributed by atoms with Crippen molar-refractivity contribution < 1.29 is 14.3 Å². The van der Waals surface area contributed by atoms with Crippen LogP contribution in [0.15, 0.2) is 18.2 Å². The van der Waals surface area contributed by atoms with Crippen LogP contribution in [0, 0.1) is 17.8 Å². The lowest BCUT2D eigenvalue weighted by molar-refractivity contribution is -0.0135. The number of hydrogen-bond acceptors (Lipinski definition) is 3. The van der Waals surface area contributed by atoms with Gasteiger partial charge in [-0.3, -0.25) is 0 Å². The lowest BCUT2D eigenvalue weighted by Crippen LogP contribution is -2.61. The molecule has 5 rings (SSSR count). The Morgan fingerprint density at radius 2 is 1.61 bits per heavy atom. The van der Waals surface area contributed by atoms with Crippen LogP contribution in [-0.2, 0) is 6.42 Å². The summed E-state index contributed by atoms with van der Waals surface area (Å²) in [5, 5.41) is 6.45. The molecule has 0 spiro atoms. The van der Waals surface area contributed by atoms with Crippen LogP contribution in [0.2, 0.25) is 0 Å². The number of hydrogen-bond donors (Lipinski definition) is 2. The molecule has 0 heterocycles. The molecule has 5 heteroatoms. The maximum atomic E-state index is 12.6. The number of carbonyl (C=O) groups excluding carboxylic acids is 1. The van der Waals surface area contributed by atoms with Gasteiger partial charge in [0.25, 0.3) is 0 Å². The Balaban J connectivity index is 1.28. The van der Waals surface area contributed by atoms with Crippen LogP contribution in [-0.4, -0.2) is 31.3 Å². The van der Waals surface area contributed by atoms with E-state index in [4.69, 9.17) is 9.47 Å². The summed E-state index contributed by atoms with van der Waals surface area (Å²) < 4.78 is 11.3. The van der Waals surface area contributed by atoms with Gasteiger partial charge in [0, 0.05) is 12.1 Å². The molecule has 0 saturated heterocycles. The van der Waals surface area contributed by atoms with Crippen LogP contribution < -0.4 is 20.1 Å². The van der Waals surface area contributed by atoms with Gasteiger partial charge in [0.05, 0.1) is 13.2 Å². The van der Waals surface area contributed by atoms with E-state index in [1.807, 2.05) is 32.0 Å². The van der Waals surface area contributed by atoms with Gasteiger partial charge in [0.2, 0.25) is 0 Å². The van der Waals surface area contributed by atoms with Crippen molar-refractivity contribution in [1.29, 1.82) is 0 Å². The SMILES string of the molecule is CCOc1ccc(CCNC(=O)NC23CC4CC(CC(C4)C2)C3)cc1OCC. The van der Waals surface area contributed by atoms with Crippen molar-refractivity contribution in [2.24, 2.45) is 17.8 Å². The minimum Gasteiger partial charge on any atom is -0.490 e.